The van der Waals surface area contributed by atoms with Crippen molar-refractivity contribution < 1.29 is 14.4 Å². The summed E-state index contributed by atoms with van der Waals surface area (Å²) in [5, 5.41) is 2.57. The number of nitrogens with two attached hydrogens (primary N) is 1. The predicted octanol–water partition coefficient (Wildman–Crippen LogP) is 1.13. The molecule has 2 unspecified atom stereocenters. The third kappa shape index (κ3) is 4.34. The summed E-state index contributed by atoms with van der Waals surface area (Å²) in [6.07, 6.45) is 3.73. The van der Waals surface area contributed by atoms with E-state index in [9.17, 15) is 14.4 Å². The second-order valence-corrected chi connectivity index (χ2v) is 6.62. The number of nitrogens with zero attached hydrogens (tertiary/aromatic N) is 1. The highest BCUT2D eigenvalue weighted by Crippen LogP contribution is 2.31. The lowest BCUT2D eigenvalue weighted by molar-refractivity contribution is -0.129. The van der Waals surface area contributed by atoms with Crippen LogP contribution in [0.15, 0.2) is 0 Å². The highest BCUT2D eigenvalue weighted by molar-refractivity contribution is 8.14. The Hall–Kier alpha value is -0.790. The molecule has 0 aromatic rings. The Morgan fingerprint density at radius 3 is 2.76 bits per heavy atom. The van der Waals surface area contributed by atoms with E-state index >= 15 is 0 Å². The summed E-state index contributed by atoms with van der Waals surface area (Å²) in [5.74, 6) is -0.233. The fourth-order valence-electron chi connectivity index (χ4n) is 2.80. The van der Waals surface area contributed by atoms with Crippen molar-refractivity contribution >= 4 is 41.2 Å². The molecule has 8 heteroatoms. The Bertz CT molecular complexity index is 415. The van der Waals surface area contributed by atoms with E-state index in [-0.39, 0.29) is 47.7 Å². The Balaban J connectivity index is 0.00000220. The molecule has 1 aliphatic carbocycles. The van der Waals surface area contributed by atoms with Crippen LogP contribution in [0, 0.1) is 5.92 Å². The standard InChI is InChI=1S/C13H21N3O3S.ClH/c1-13(14)5-3-2-4-9(13)11(18)15-6-7-16-10(17)8-20-12(16)19;/h9H,2-8,14H2,1H3,(H,15,18);1H. The van der Waals surface area contributed by atoms with Gasteiger partial charge >= 0.3 is 0 Å². The molecule has 2 fully saturated rings. The van der Waals surface area contributed by atoms with E-state index in [0.29, 0.717) is 6.54 Å². The van der Waals surface area contributed by atoms with Gasteiger partial charge in [-0.1, -0.05) is 24.6 Å². The number of carbonyl (C=O) groups excluding carboxylic acids is 3. The average Bonchev–Trinajstić information content (AvgIpc) is 2.69. The van der Waals surface area contributed by atoms with E-state index in [1.54, 1.807) is 0 Å². The maximum atomic E-state index is 12.2. The van der Waals surface area contributed by atoms with Crippen LogP contribution in [-0.2, 0) is 9.59 Å². The van der Waals surface area contributed by atoms with Crippen LogP contribution in [0.5, 0.6) is 0 Å². The minimum absolute atomic E-state index is 0. The molecular weight excluding hydrogens is 314 g/mol. The first-order chi connectivity index (χ1) is 9.42. The maximum Gasteiger partial charge on any atom is 0.288 e. The molecule has 6 nitrogen and oxygen atoms in total. The smallest absolute Gasteiger partial charge is 0.288 e. The van der Waals surface area contributed by atoms with E-state index in [4.69, 9.17) is 5.73 Å². The zero-order valence-electron chi connectivity index (χ0n) is 12.1. The topological polar surface area (TPSA) is 92.5 Å². The number of hydrogen-bond acceptors (Lipinski definition) is 5. The van der Waals surface area contributed by atoms with Crippen LogP contribution in [0.1, 0.15) is 32.6 Å². The highest BCUT2D eigenvalue weighted by atomic mass is 35.5. The van der Waals surface area contributed by atoms with Gasteiger partial charge in [0.2, 0.25) is 11.8 Å². The number of amides is 3. The lowest BCUT2D eigenvalue weighted by Gasteiger charge is -2.37. The fourth-order valence-corrected chi connectivity index (χ4v) is 3.55. The molecule has 0 aromatic carbocycles. The first-order valence-corrected chi connectivity index (χ1v) is 7.94. The Kier molecular flexibility index (Phi) is 6.49. The molecule has 3 N–H and O–H groups in total. The molecule has 2 rings (SSSR count). The van der Waals surface area contributed by atoms with E-state index in [2.05, 4.69) is 5.32 Å². The zero-order chi connectivity index (χ0) is 14.8. The summed E-state index contributed by atoms with van der Waals surface area (Å²) in [7, 11) is 0. The number of halogens is 1. The summed E-state index contributed by atoms with van der Waals surface area (Å²) in [4.78, 5) is 36.2. The van der Waals surface area contributed by atoms with Crippen molar-refractivity contribution in [2.24, 2.45) is 11.7 Å². The van der Waals surface area contributed by atoms with E-state index in [0.717, 1.165) is 37.4 Å². The Morgan fingerprint density at radius 2 is 2.19 bits per heavy atom. The quantitative estimate of drug-likeness (QED) is 0.803. The van der Waals surface area contributed by atoms with Crippen molar-refractivity contribution in [2.45, 2.75) is 38.1 Å². The Morgan fingerprint density at radius 1 is 1.48 bits per heavy atom. The lowest BCUT2D eigenvalue weighted by Crippen LogP contribution is -2.53. The van der Waals surface area contributed by atoms with Gasteiger partial charge in [-0.25, -0.2) is 0 Å². The van der Waals surface area contributed by atoms with Crippen molar-refractivity contribution in [3.8, 4) is 0 Å². The summed E-state index contributed by atoms with van der Waals surface area (Å²) < 4.78 is 0. The molecule has 1 saturated carbocycles. The number of hydrogen-bond donors (Lipinski definition) is 2. The predicted molar refractivity (Wildman–Crippen MR) is 84.4 cm³/mol. The van der Waals surface area contributed by atoms with Gasteiger partial charge in [-0.3, -0.25) is 19.3 Å². The van der Waals surface area contributed by atoms with Crippen LogP contribution in [0.3, 0.4) is 0 Å². The summed E-state index contributed by atoms with van der Waals surface area (Å²) in [6, 6.07) is 0. The third-order valence-corrected chi connectivity index (χ3v) is 4.90. The van der Waals surface area contributed by atoms with E-state index in [1.807, 2.05) is 6.92 Å². The molecule has 1 aliphatic heterocycles. The second kappa shape index (κ2) is 7.47. The molecule has 0 bridgehead atoms. The van der Waals surface area contributed by atoms with Gasteiger partial charge in [0.1, 0.15) is 0 Å². The molecule has 1 saturated heterocycles. The van der Waals surface area contributed by atoms with Crippen LogP contribution in [0.4, 0.5) is 4.79 Å². The average molecular weight is 336 g/mol. The molecule has 0 spiro atoms. The first kappa shape index (κ1) is 18.3. The van der Waals surface area contributed by atoms with Gasteiger partial charge in [-0.2, -0.15) is 0 Å². The number of nitrogens with one attached hydrogen (secondary N) is 1. The molecule has 0 aromatic heterocycles. The van der Waals surface area contributed by atoms with E-state index < -0.39 is 5.54 Å². The molecular formula is C13H22ClN3O3S. The molecule has 2 aliphatic rings. The van der Waals surface area contributed by atoms with Gasteiger partial charge in [-0.05, 0) is 19.8 Å². The SMILES string of the molecule is CC1(N)CCCCC1C(=O)NCCN1C(=O)CSC1=O.Cl. The summed E-state index contributed by atoms with van der Waals surface area (Å²) in [6.45, 7) is 2.45. The second-order valence-electron chi connectivity index (χ2n) is 5.70. The van der Waals surface area contributed by atoms with Gasteiger partial charge in [0.05, 0.1) is 11.7 Å². The van der Waals surface area contributed by atoms with Gasteiger partial charge in [0.25, 0.3) is 5.24 Å². The van der Waals surface area contributed by atoms with Crippen LogP contribution >= 0.6 is 24.2 Å². The lowest BCUT2D eigenvalue weighted by atomic mass is 9.74. The molecule has 0 radical (unpaired) electrons. The monoisotopic (exact) mass is 335 g/mol. The first-order valence-electron chi connectivity index (χ1n) is 6.95. The van der Waals surface area contributed by atoms with Crippen LogP contribution in [0.2, 0.25) is 0 Å². The fraction of sp³-hybridized carbons (Fsp3) is 0.769. The number of rotatable bonds is 4. The normalized spacial score (nSPS) is 29.2. The summed E-state index contributed by atoms with van der Waals surface area (Å²) >= 11 is 1.00. The minimum Gasteiger partial charge on any atom is -0.354 e. The molecule has 120 valence electrons. The van der Waals surface area contributed by atoms with Crippen LogP contribution in [-0.4, -0.2) is 46.3 Å². The number of imide groups is 1. The molecule has 2 atom stereocenters. The zero-order valence-corrected chi connectivity index (χ0v) is 13.7. The van der Waals surface area contributed by atoms with Crippen molar-refractivity contribution in [3.05, 3.63) is 0 Å². The number of carbonyl (C=O) groups is 3. The van der Waals surface area contributed by atoms with E-state index in [1.165, 1.54) is 4.90 Å². The summed E-state index contributed by atoms with van der Waals surface area (Å²) in [5.41, 5.74) is 5.72. The number of thioether (sulfide) groups is 1. The minimum atomic E-state index is -0.461. The molecule has 21 heavy (non-hydrogen) atoms. The molecule has 1 heterocycles. The van der Waals surface area contributed by atoms with Crippen LogP contribution in [0.25, 0.3) is 0 Å². The Labute approximate surface area is 135 Å². The van der Waals surface area contributed by atoms with Gasteiger partial charge < -0.3 is 11.1 Å². The van der Waals surface area contributed by atoms with Crippen LogP contribution < -0.4 is 11.1 Å². The largest absolute Gasteiger partial charge is 0.354 e. The van der Waals surface area contributed by atoms with Crippen molar-refractivity contribution in [1.29, 1.82) is 0 Å². The van der Waals surface area contributed by atoms with Crippen molar-refractivity contribution in [2.75, 3.05) is 18.8 Å². The maximum absolute atomic E-state index is 12.2. The van der Waals surface area contributed by atoms with Gasteiger partial charge in [0, 0.05) is 18.6 Å². The highest BCUT2D eigenvalue weighted by Gasteiger charge is 2.37. The van der Waals surface area contributed by atoms with Crippen molar-refractivity contribution in [3.63, 3.8) is 0 Å². The van der Waals surface area contributed by atoms with Gasteiger partial charge in [-0.15, -0.1) is 12.4 Å². The molecule has 3 amide bonds. The third-order valence-electron chi connectivity index (χ3n) is 4.05. The van der Waals surface area contributed by atoms with Crippen molar-refractivity contribution in [1.82, 2.24) is 10.2 Å². The van der Waals surface area contributed by atoms with Gasteiger partial charge in [0.15, 0.2) is 0 Å².